The highest BCUT2D eigenvalue weighted by molar-refractivity contribution is 8.00. The van der Waals surface area contributed by atoms with Gasteiger partial charge in [0.15, 0.2) is 0 Å². The highest BCUT2D eigenvalue weighted by Crippen LogP contribution is 2.42. The molecule has 1 aromatic rings. The van der Waals surface area contributed by atoms with E-state index < -0.39 is 10.0 Å². The van der Waals surface area contributed by atoms with Crippen LogP contribution in [0.2, 0.25) is 0 Å². The number of hydrogen-bond acceptors (Lipinski definition) is 4. The zero-order valence-corrected chi connectivity index (χ0v) is 14.2. The number of aryl methyl sites for hydroxylation is 1. The lowest BCUT2D eigenvalue weighted by atomic mass is 9.84. The minimum Gasteiger partial charge on any atom is -0.392 e. The molecular formula is C15H23NO3S2. The van der Waals surface area contributed by atoms with Crippen LogP contribution in [-0.4, -0.2) is 31.1 Å². The first-order valence-electron chi connectivity index (χ1n) is 7.24. The molecular weight excluding hydrogens is 306 g/mol. The number of aliphatic hydroxyl groups is 1. The summed E-state index contributed by atoms with van der Waals surface area (Å²) >= 11 is 1.75. The van der Waals surface area contributed by atoms with Crippen molar-refractivity contribution in [2.24, 2.45) is 0 Å². The van der Waals surface area contributed by atoms with Crippen molar-refractivity contribution in [1.29, 1.82) is 0 Å². The lowest BCUT2D eigenvalue weighted by molar-refractivity contribution is 0.281. The Labute approximate surface area is 131 Å². The Balaban J connectivity index is 2.22. The van der Waals surface area contributed by atoms with Gasteiger partial charge in [-0.1, -0.05) is 25.5 Å². The predicted molar refractivity (Wildman–Crippen MR) is 87.0 cm³/mol. The van der Waals surface area contributed by atoms with Gasteiger partial charge in [-0.25, -0.2) is 13.1 Å². The van der Waals surface area contributed by atoms with E-state index in [4.69, 9.17) is 0 Å². The molecule has 0 unspecified atom stereocenters. The van der Waals surface area contributed by atoms with Gasteiger partial charge in [-0.15, -0.1) is 0 Å². The van der Waals surface area contributed by atoms with Crippen molar-refractivity contribution in [3.05, 3.63) is 29.3 Å². The molecule has 118 valence electrons. The maximum Gasteiger partial charge on any atom is 0.240 e. The highest BCUT2D eigenvalue weighted by atomic mass is 32.2. The maximum absolute atomic E-state index is 12.6. The standard InChI is InChI=1S/C15H23NO3S2/c1-3-13-6-5-12(10-17)9-14(13)21(18,19)16-11-15(20-2)7-4-8-15/h5-6,9,16-17H,3-4,7-8,10-11H2,1-2H3. The van der Waals surface area contributed by atoms with Gasteiger partial charge in [-0.3, -0.25) is 0 Å². The molecule has 0 radical (unpaired) electrons. The largest absolute Gasteiger partial charge is 0.392 e. The van der Waals surface area contributed by atoms with Crippen molar-refractivity contribution in [3.63, 3.8) is 0 Å². The fourth-order valence-electron chi connectivity index (χ4n) is 2.57. The van der Waals surface area contributed by atoms with Crippen LogP contribution in [0.3, 0.4) is 0 Å². The Morgan fingerprint density at radius 1 is 1.38 bits per heavy atom. The van der Waals surface area contributed by atoms with E-state index in [1.54, 1.807) is 30.0 Å². The SMILES string of the molecule is CCc1ccc(CO)cc1S(=O)(=O)NCC1(SC)CCC1. The van der Waals surface area contributed by atoms with Gasteiger partial charge in [0, 0.05) is 11.3 Å². The van der Waals surface area contributed by atoms with Gasteiger partial charge < -0.3 is 5.11 Å². The van der Waals surface area contributed by atoms with Crippen LogP contribution < -0.4 is 4.72 Å². The fraction of sp³-hybridized carbons (Fsp3) is 0.600. The van der Waals surface area contributed by atoms with Gasteiger partial charge in [-0.05, 0) is 42.7 Å². The maximum atomic E-state index is 12.6. The Kier molecular flexibility index (Phi) is 5.35. The van der Waals surface area contributed by atoms with E-state index in [1.807, 2.05) is 13.2 Å². The number of sulfonamides is 1. The summed E-state index contributed by atoms with van der Waals surface area (Å²) in [5.41, 5.74) is 1.40. The second-order valence-electron chi connectivity index (χ2n) is 5.52. The molecule has 0 bridgehead atoms. The van der Waals surface area contributed by atoms with Gasteiger partial charge in [-0.2, -0.15) is 11.8 Å². The summed E-state index contributed by atoms with van der Waals surface area (Å²) in [5, 5.41) is 9.22. The van der Waals surface area contributed by atoms with E-state index in [0.29, 0.717) is 23.4 Å². The third-order valence-corrected chi connectivity index (χ3v) is 7.17. The summed E-state index contributed by atoms with van der Waals surface area (Å²) in [4.78, 5) is 0.298. The topological polar surface area (TPSA) is 66.4 Å². The second kappa shape index (κ2) is 6.69. The molecule has 0 heterocycles. The quantitative estimate of drug-likeness (QED) is 0.805. The number of hydrogen-bond donors (Lipinski definition) is 2. The third-order valence-electron chi connectivity index (χ3n) is 4.27. The van der Waals surface area contributed by atoms with E-state index in [2.05, 4.69) is 4.72 Å². The number of aliphatic hydroxyl groups excluding tert-OH is 1. The fourth-order valence-corrected chi connectivity index (χ4v) is 5.06. The van der Waals surface area contributed by atoms with Crippen molar-refractivity contribution in [2.75, 3.05) is 12.8 Å². The van der Waals surface area contributed by atoms with Gasteiger partial charge >= 0.3 is 0 Å². The van der Waals surface area contributed by atoms with E-state index in [0.717, 1.165) is 18.4 Å². The van der Waals surface area contributed by atoms with Gasteiger partial charge in [0.2, 0.25) is 10.0 Å². The molecule has 0 amide bonds. The van der Waals surface area contributed by atoms with Crippen LogP contribution in [-0.2, 0) is 23.1 Å². The zero-order valence-electron chi connectivity index (χ0n) is 12.6. The van der Waals surface area contributed by atoms with Crippen LogP contribution in [0.15, 0.2) is 23.1 Å². The van der Waals surface area contributed by atoms with Crippen molar-refractivity contribution in [1.82, 2.24) is 4.72 Å². The summed E-state index contributed by atoms with van der Waals surface area (Å²) < 4.78 is 28.0. The molecule has 1 saturated carbocycles. The first-order valence-corrected chi connectivity index (χ1v) is 9.94. The molecule has 1 aromatic carbocycles. The van der Waals surface area contributed by atoms with E-state index in [1.165, 1.54) is 6.42 Å². The second-order valence-corrected chi connectivity index (χ2v) is 8.53. The Morgan fingerprint density at radius 2 is 2.10 bits per heavy atom. The van der Waals surface area contributed by atoms with E-state index >= 15 is 0 Å². The van der Waals surface area contributed by atoms with Gasteiger partial charge in [0.05, 0.1) is 11.5 Å². The van der Waals surface area contributed by atoms with Crippen LogP contribution in [0.4, 0.5) is 0 Å². The first-order chi connectivity index (χ1) is 9.96. The summed E-state index contributed by atoms with van der Waals surface area (Å²) in [5.74, 6) is 0. The minimum absolute atomic E-state index is 0.0635. The highest BCUT2D eigenvalue weighted by Gasteiger charge is 2.37. The molecule has 1 aliphatic carbocycles. The lowest BCUT2D eigenvalue weighted by Crippen LogP contribution is -2.45. The third kappa shape index (κ3) is 3.62. The van der Waals surface area contributed by atoms with Crippen molar-refractivity contribution in [3.8, 4) is 0 Å². The first kappa shape index (κ1) is 16.8. The van der Waals surface area contributed by atoms with Crippen molar-refractivity contribution < 1.29 is 13.5 Å². The summed E-state index contributed by atoms with van der Waals surface area (Å²) in [7, 11) is -3.53. The molecule has 2 N–H and O–H groups in total. The average molecular weight is 329 g/mol. The molecule has 6 heteroatoms. The van der Waals surface area contributed by atoms with Crippen LogP contribution in [0.25, 0.3) is 0 Å². The average Bonchev–Trinajstić information content (AvgIpc) is 2.45. The van der Waals surface area contributed by atoms with Gasteiger partial charge in [0.25, 0.3) is 0 Å². The summed E-state index contributed by atoms with van der Waals surface area (Å²) in [6, 6.07) is 5.13. The van der Waals surface area contributed by atoms with Crippen LogP contribution in [0.1, 0.15) is 37.3 Å². The van der Waals surface area contributed by atoms with Crippen LogP contribution in [0, 0.1) is 0 Å². The van der Waals surface area contributed by atoms with Crippen LogP contribution in [0.5, 0.6) is 0 Å². The molecule has 0 saturated heterocycles. The normalized spacial score (nSPS) is 17.5. The molecule has 21 heavy (non-hydrogen) atoms. The monoisotopic (exact) mass is 329 g/mol. The van der Waals surface area contributed by atoms with Crippen molar-refractivity contribution >= 4 is 21.8 Å². The lowest BCUT2D eigenvalue weighted by Gasteiger charge is -2.40. The summed E-state index contributed by atoms with van der Waals surface area (Å²) in [6.07, 6.45) is 5.98. The molecule has 0 spiro atoms. The van der Waals surface area contributed by atoms with Gasteiger partial charge in [0.1, 0.15) is 0 Å². The summed E-state index contributed by atoms with van der Waals surface area (Å²) in [6.45, 7) is 2.26. The van der Waals surface area contributed by atoms with Crippen LogP contribution >= 0.6 is 11.8 Å². The molecule has 0 aromatic heterocycles. The molecule has 1 fully saturated rings. The van der Waals surface area contributed by atoms with E-state index in [9.17, 15) is 13.5 Å². The Bertz CT molecular complexity index is 589. The number of rotatable bonds is 7. The Morgan fingerprint density at radius 3 is 2.57 bits per heavy atom. The molecule has 0 atom stereocenters. The Hall–Kier alpha value is -0.560. The zero-order chi connectivity index (χ0) is 15.5. The van der Waals surface area contributed by atoms with E-state index in [-0.39, 0.29) is 11.4 Å². The molecule has 1 aliphatic rings. The number of nitrogens with one attached hydrogen (secondary N) is 1. The predicted octanol–water partition coefficient (Wildman–Crippen LogP) is 2.31. The number of thioether (sulfide) groups is 1. The number of benzene rings is 1. The van der Waals surface area contributed by atoms with Crippen molar-refractivity contribution in [2.45, 2.75) is 48.9 Å². The minimum atomic E-state index is -3.53. The smallest absolute Gasteiger partial charge is 0.240 e. The molecule has 0 aliphatic heterocycles. The molecule has 2 rings (SSSR count). The molecule has 4 nitrogen and oxygen atoms in total.